The molecule has 20 heavy (non-hydrogen) atoms. The predicted molar refractivity (Wildman–Crippen MR) is 86.1 cm³/mol. The number of methoxy groups -OCH3 is 1. The molecule has 2 aromatic rings. The van der Waals surface area contributed by atoms with Gasteiger partial charge in [0.1, 0.15) is 5.75 Å². The van der Waals surface area contributed by atoms with Gasteiger partial charge in [-0.1, -0.05) is 36.2 Å². The molecule has 0 heterocycles. The minimum Gasteiger partial charge on any atom is -0.497 e. The van der Waals surface area contributed by atoms with Crippen molar-refractivity contribution in [3.63, 3.8) is 0 Å². The maximum Gasteiger partial charge on any atom is 0.119 e. The first-order valence-electron chi connectivity index (χ1n) is 6.49. The maximum atomic E-state index is 6.08. The summed E-state index contributed by atoms with van der Waals surface area (Å²) in [6, 6.07) is 13.8. The molecule has 0 aromatic heterocycles. The lowest BCUT2D eigenvalue weighted by Crippen LogP contribution is -2.09. The van der Waals surface area contributed by atoms with E-state index in [1.165, 1.54) is 0 Å². The minimum atomic E-state index is 0.193. The molecule has 0 saturated heterocycles. The maximum absolute atomic E-state index is 6.08. The molecule has 0 aliphatic rings. The summed E-state index contributed by atoms with van der Waals surface area (Å²) in [4.78, 5) is 0. The van der Waals surface area contributed by atoms with Gasteiger partial charge in [0.15, 0.2) is 0 Å². The van der Waals surface area contributed by atoms with Crippen LogP contribution in [0.4, 0.5) is 5.69 Å². The summed E-state index contributed by atoms with van der Waals surface area (Å²) in [5, 5.41) is 4.65. The Hall–Kier alpha value is -1.38. The fourth-order valence-corrected chi connectivity index (χ4v) is 2.35. The van der Waals surface area contributed by atoms with Crippen molar-refractivity contribution in [2.75, 3.05) is 12.4 Å². The smallest absolute Gasteiger partial charge is 0.119 e. The lowest BCUT2D eigenvalue weighted by molar-refractivity contribution is 0.415. The lowest BCUT2D eigenvalue weighted by atomic mass is 10.0. The molecule has 106 valence electrons. The van der Waals surface area contributed by atoms with Crippen molar-refractivity contribution < 1.29 is 4.74 Å². The minimum absolute atomic E-state index is 0.193. The Morgan fingerprint density at radius 2 is 1.75 bits per heavy atom. The van der Waals surface area contributed by atoms with Crippen LogP contribution in [0.5, 0.6) is 5.75 Å². The summed E-state index contributed by atoms with van der Waals surface area (Å²) >= 11 is 12.0. The quantitative estimate of drug-likeness (QED) is 0.780. The molecule has 0 bridgehead atoms. The second kappa shape index (κ2) is 6.87. The van der Waals surface area contributed by atoms with Crippen molar-refractivity contribution in [1.29, 1.82) is 0 Å². The van der Waals surface area contributed by atoms with Gasteiger partial charge in [-0.05, 0) is 48.4 Å². The molecule has 1 unspecified atom stereocenters. The summed E-state index contributed by atoms with van der Waals surface area (Å²) in [6.45, 7) is 2.13. The van der Waals surface area contributed by atoms with E-state index >= 15 is 0 Å². The highest BCUT2D eigenvalue weighted by atomic mass is 35.5. The van der Waals surface area contributed by atoms with E-state index in [2.05, 4.69) is 12.2 Å². The van der Waals surface area contributed by atoms with Crippen LogP contribution in [0, 0.1) is 0 Å². The van der Waals surface area contributed by atoms with Gasteiger partial charge in [0, 0.05) is 5.69 Å². The second-order valence-corrected chi connectivity index (χ2v) is 5.32. The number of benzene rings is 2. The highest BCUT2D eigenvalue weighted by molar-refractivity contribution is 6.42. The third kappa shape index (κ3) is 3.59. The molecule has 4 heteroatoms. The van der Waals surface area contributed by atoms with Gasteiger partial charge in [0.05, 0.1) is 23.2 Å². The van der Waals surface area contributed by atoms with Crippen molar-refractivity contribution >= 4 is 28.9 Å². The Bertz CT molecular complexity index is 569. The molecule has 0 radical (unpaired) electrons. The molecule has 0 fully saturated rings. The number of hydrogen-bond acceptors (Lipinski definition) is 2. The van der Waals surface area contributed by atoms with Crippen LogP contribution in [0.1, 0.15) is 24.9 Å². The zero-order valence-corrected chi connectivity index (χ0v) is 13.0. The monoisotopic (exact) mass is 309 g/mol. The van der Waals surface area contributed by atoms with Crippen LogP contribution in [0.15, 0.2) is 42.5 Å². The largest absolute Gasteiger partial charge is 0.497 e. The molecule has 0 saturated carbocycles. The second-order valence-electron chi connectivity index (χ2n) is 4.51. The number of halogens is 2. The standard InChI is InChI=1S/C16H17Cl2NO/c1-3-16(11-4-9-14(17)15(18)10-11)19-12-5-7-13(20-2)8-6-12/h4-10,16,19H,3H2,1-2H3. The van der Waals surface area contributed by atoms with Crippen molar-refractivity contribution in [3.05, 3.63) is 58.1 Å². The van der Waals surface area contributed by atoms with E-state index in [0.29, 0.717) is 10.0 Å². The summed E-state index contributed by atoms with van der Waals surface area (Å²) in [6.07, 6.45) is 0.948. The zero-order valence-electron chi connectivity index (χ0n) is 11.5. The molecular formula is C16H17Cl2NO. The number of anilines is 1. The van der Waals surface area contributed by atoms with E-state index in [1.54, 1.807) is 7.11 Å². The molecule has 2 rings (SSSR count). The molecule has 1 atom stereocenters. The van der Waals surface area contributed by atoms with Gasteiger partial charge >= 0.3 is 0 Å². The Labute approximate surface area is 129 Å². The Kier molecular flexibility index (Phi) is 5.16. The lowest BCUT2D eigenvalue weighted by Gasteiger charge is -2.19. The van der Waals surface area contributed by atoms with Gasteiger partial charge in [-0.2, -0.15) is 0 Å². The molecule has 0 aliphatic carbocycles. The molecular weight excluding hydrogens is 293 g/mol. The van der Waals surface area contributed by atoms with Gasteiger partial charge in [0.2, 0.25) is 0 Å². The van der Waals surface area contributed by atoms with Gasteiger partial charge in [0.25, 0.3) is 0 Å². The van der Waals surface area contributed by atoms with Crippen LogP contribution < -0.4 is 10.1 Å². The number of nitrogens with one attached hydrogen (secondary N) is 1. The summed E-state index contributed by atoms with van der Waals surface area (Å²) in [5.41, 5.74) is 2.17. The van der Waals surface area contributed by atoms with Crippen LogP contribution >= 0.6 is 23.2 Å². The first-order chi connectivity index (χ1) is 9.63. The Balaban J connectivity index is 2.16. The van der Waals surface area contributed by atoms with E-state index in [1.807, 2.05) is 42.5 Å². The Morgan fingerprint density at radius 3 is 2.30 bits per heavy atom. The van der Waals surface area contributed by atoms with E-state index in [4.69, 9.17) is 27.9 Å². The first-order valence-corrected chi connectivity index (χ1v) is 7.25. The molecule has 2 aromatic carbocycles. The fraction of sp³-hybridized carbons (Fsp3) is 0.250. The molecule has 0 amide bonds. The molecule has 0 aliphatic heterocycles. The molecule has 1 N–H and O–H groups in total. The van der Waals surface area contributed by atoms with Crippen LogP contribution in [-0.2, 0) is 0 Å². The summed E-state index contributed by atoms with van der Waals surface area (Å²) < 4.78 is 5.15. The van der Waals surface area contributed by atoms with Crippen molar-refractivity contribution in [2.24, 2.45) is 0 Å². The topological polar surface area (TPSA) is 21.3 Å². The van der Waals surface area contributed by atoms with Crippen molar-refractivity contribution in [2.45, 2.75) is 19.4 Å². The average molecular weight is 310 g/mol. The number of hydrogen-bond donors (Lipinski definition) is 1. The van der Waals surface area contributed by atoms with Crippen LogP contribution in [0.25, 0.3) is 0 Å². The van der Waals surface area contributed by atoms with E-state index in [9.17, 15) is 0 Å². The van der Waals surface area contributed by atoms with Crippen molar-refractivity contribution in [1.82, 2.24) is 0 Å². The molecule has 0 spiro atoms. The number of rotatable bonds is 5. The Morgan fingerprint density at radius 1 is 1.05 bits per heavy atom. The number of ether oxygens (including phenoxy) is 1. The average Bonchev–Trinajstić information content (AvgIpc) is 2.48. The fourth-order valence-electron chi connectivity index (χ4n) is 2.04. The van der Waals surface area contributed by atoms with Gasteiger partial charge in [-0.3, -0.25) is 0 Å². The van der Waals surface area contributed by atoms with Crippen molar-refractivity contribution in [3.8, 4) is 5.75 Å². The van der Waals surface area contributed by atoms with E-state index < -0.39 is 0 Å². The van der Waals surface area contributed by atoms with E-state index in [0.717, 1.165) is 23.4 Å². The van der Waals surface area contributed by atoms with Gasteiger partial charge < -0.3 is 10.1 Å². The summed E-state index contributed by atoms with van der Waals surface area (Å²) in [7, 11) is 1.66. The van der Waals surface area contributed by atoms with Crippen LogP contribution in [0.2, 0.25) is 10.0 Å². The highest BCUT2D eigenvalue weighted by Gasteiger charge is 2.11. The highest BCUT2D eigenvalue weighted by Crippen LogP contribution is 2.29. The summed E-state index contributed by atoms with van der Waals surface area (Å²) in [5.74, 6) is 0.845. The third-order valence-corrected chi connectivity index (χ3v) is 3.92. The normalized spacial score (nSPS) is 12.0. The van der Waals surface area contributed by atoms with Crippen LogP contribution in [-0.4, -0.2) is 7.11 Å². The predicted octanol–water partition coefficient (Wildman–Crippen LogP) is 5.57. The zero-order chi connectivity index (χ0) is 14.5. The SMILES string of the molecule is CCC(Nc1ccc(OC)cc1)c1ccc(Cl)c(Cl)c1. The van der Waals surface area contributed by atoms with Crippen LogP contribution in [0.3, 0.4) is 0 Å². The third-order valence-electron chi connectivity index (χ3n) is 3.19. The van der Waals surface area contributed by atoms with Gasteiger partial charge in [-0.15, -0.1) is 0 Å². The van der Waals surface area contributed by atoms with E-state index in [-0.39, 0.29) is 6.04 Å². The van der Waals surface area contributed by atoms with Gasteiger partial charge in [-0.25, -0.2) is 0 Å². The first kappa shape index (κ1) is 15.0. The molecule has 2 nitrogen and oxygen atoms in total.